The van der Waals surface area contributed by atoms with Gasteiger partial charge in [-0.1, -0.05) is 61.5 Å². The van der Waals surface area contributed by atoms with Crippen molar-refractivity contribution in [2.45, 2.75) is 45.1 Å². The van der Waals surface area contributed by atoms with Crippen LogP contribution in [0.4, 0.5) is 0 Å². The molecule has 0 bridgehead atoms. The number of amides is 2. The average Bonchev–Trinajstić information content (AvgIpc) is 3.42. The number of aryl methyl sites for hydroxylation is 1. The number of nitrogens with zero attached hydrogens (tertiary/aromatic N) is 3. The zero-order valence-electron chi connectivity index (χ0n) is 21.9. The molecule has 2 amide bonds. The Morgan fingerprint density at radius 1 is 0.892 bits per heavy atom. The van der Waals surface area contributed by atoms with Crippen molar-refractivity contribution >= 4 is 23.2 Å². The largest absolute Gasteiger partial charge is 0.339 e. The van der Waals surface area contributed by atoms with Crippen molar-refractivity contribution in [2.24, 2.45) is 0 Å². The van der Waals surface area contributed by atoms with Gasteiger partial charge in [-0.05, 0) is 53.5 Å². The molecule has 1 fully saturated rings. The molecule has 2 atom stereocenters. The van der Waals surface area contributed by atoms with Crippen molar-refractivity contribution in [3.8, 4) is 0 Å². The van der Waals surface area contributed by atoms with E-state index in [-0.39, 0.29) is 23.8 Å². The second-order valence-corrected chi connectivity index (χ2v) is 11.2. The van der Waals surface area contributed by atoms with E-state index in [4.69, 9.17) is 0 Å². The van der Waals surface area contributed by atoms with E-state index in [2.05, 4.69) is 54.5 Å². The number of fused-ring (bicyclic) bond motifs is 1. The first kappa shape index (κ1) is 25.7. The quantitative estimate of drug-likeness (QED) is 0.431. The minimum atomic E-state index is -0.108. The molecule has 3 aromatic rings. The van der Waals surface area contributed by atoms with Crippen LogP contribution in [-0.4, -0.2) is 65.8 Å². The number of rotatable bonds is 7. The third kappa shape index (κ3) is 5.51. The highest BCUT2D eigenvalue weighted by atomic mass is 32.1. The van der Waals surface area contributed by atoms with Gasteiger partial charge in [0.25, 0.3) is 0 Å². The minimum absolute atomic E-state index is 0.108. The molecule has 5 nitrogen and oxygen atoms in total. The molecule has 0 N–H and O–H groups in total. The van der Waals surface area contributed by atoms with Crippen molar-refractivity contribution < 1.29 is 9.59 Å². The van der Waals surface area contributed by atoms with E-state index in [0.717, 1.165) is 31.5 Å². The van der Waals surface area contributed by atoms with Crippen LogP contribution >= 0.6 is 11.3 Å². The van der Waals surface area contributed by atoms with E-state index in [0.29, 0.717) is 32.6 Å². The fourth-order valence-electron chi connectivity index (χ4n) is 5.90. The number of thiophene rings is 1. The Hall–Kier alpha value is -2.96. The van der Waals surface area contributed by atoms with Gasteiger partial charge in [0.05, 0.1) is 12.0 Å². The SMILES string of the molecule is CC[C@@H](C(=O)N1CCN(C(=O)CCN2CCc3sccc3[C@@H]2c2ccccc2C)CC1)c1ccccc1. The van der Waals surface area contributed by atoms with Crippen molar-refractivity contribution in [1.82, 2.24) is 14.7 Å². The summed E-state index contributed by atoms with van der Waals surface area (Å²) >= 11 is 1.85. The fraction of sp³-hybridized carbons (Fsp3) is 0.419. The van der Waals surface area contributed by atoms with E-state index in [1.807, 2.05) is 51.5 Å². The molecule has 0 unspecified atom stereocenters. The van der Waals surface area contributed by atoms with Gasteiger partial charge in [0.15, 0.2) is 0 Å². The highest BCUT2D eigenvalue weighted by Gasteiger charge is 2.32. The summed E-state index contributed by atoms with van der Waals surface area (Å²) in [6.07, 6.45) is 2.34. The molecule has 3 heterocycles. The van der Waals surface area contributed by atoms with Gasteiger partial charge in [0, 0.05) is 50.6 Å². The van der Waals surface area contributed by atoms with E-state index in [1.54, 1.807) is 0 Å². The summed E-state index contributed by atoms with van der Waals surface area (Å²) in [4.78, 5) is 34.3. The molecule has 0 aliphatic carbocycles. The Labute approximate surface area is 224 Å². The van der Waals surface area contributed by atoms with Crippen LogP contribution in [0.3, 0.4) is 0 Å². The molecule has 0 radical (unpaired) electrons. The van der Waals surface area contributed by atoms with Crippen LogP contribution in [0.2, 0.25) is 0 Å². The van der Waals surface area contributed by atoms with Crippen LogP contribution in [-0.2, 0) is 16.0 Å². The summed E-state index contributed by atoms with van der Waals surface area (Å²) in [7, 11) is 0. The van der Waals surface area contributed by atoms with E-state index in [1.165, 1.54) is 21.6 Å². The maximum Gasteiger partial charge on any atom is 0.230 e. The highest BCUT2D eigenvalue weighted by Crippen LogP contribution is 2.39. The average molecular weight is 516 g/mol. The summed E-state index contributed by atoms with van der Waals surface area (Å²) < 4.78 is 0. The maximum atomic E-state index is 13.2. The number of hydrogen-bond donors (Lipinski definition) is 0. The molecule has 0 saturated carbocycles. The van der Waals surface area contributed by atoms with E-state index < -0.39 is 0 Å². The number of hydrogen-bond acceptors (Lipinski definition) is 4. The van der Waals surface area contributed by atoms with Gasteiger partial charge in [-0.2, -0.15) is 0 Å². The molecular formula is C31H37N3O2S. The lowest BCUT2D eigenvalue weighted by atomic mass is 9.90. The van der Waals surface area contributed by atoms with Crippen LogP contribution in [0, 0.1) is 6.92 Å². The summed E-state index contributed by atoms with van der Waals surface area (Å²) in [5.74, 6) is 0.270. The topological polar surface area (TPSA) is 43.9 Å². The Bertz CT molecular complexity index is 1220. The smallest absolute Gasteiger partial charge is 0.230 e. The molecule has 2 aliphatic rings. The van der Waals surface area contributed by atoms with Crippen LogP contribution in [0.15, 0.2) is 66.0 Å². The number of carbonyl (C=O) groups excluding carboxylic acids is 2. The monoisotopic (exact) mass is 515 g/mol. The second-order valence-electron chi connectivity index (χ2n) is 10.2. The molecule has 2 aliphatic heterocycles. The van der Waals surface area contributed by atoms with Gasteiger partial charge in [-0.25, -0.2) is 0 Å². The standard InChI is InChI=1S/C31H37N3O2S/c1-3-25(24-10-5-4-6-11-24)31(36)34-20-18-32(19-21-34)29(35)14-17-33-16-13-28-27(15-22-37-28)30(33)26-12-8-7-9-23(26)2/h4-12,15,22,25,30H,3,13-14,16-21H2,1-2H3/t25-,30+/m1/s1. The molecule has 1 saturated heterocycles. The van der Waals surface area contributed by atoms with Gasteiger partial charge >= 0.3 is 0 Å². The van der Waals surface area contributed by atoms with Crippen LogP contribution in [0.25, 0.3) is 0 Å². The Morgan fingerprint density at radius 2 is 1.59 bits per heavy atom. The highest BCUT2D eigenvalue weighted by molar-refractivity contribution is 7.10. The molecule has 2 aromatic carbocycles. The zero-order chi connectivity index (χ0) is 25.8. The Balaban J connectivity index is 1.19. The molecule has 194 valence electrons. The van der Waals surface area contributed by atoms with Gasteiger partial charge in [-0.15, -0.1) is 11.3 Å². The van der Waals surface area contributed by atoms with Gasteiger partial charge in [0.2, 0.25) is 11.8 Å². The lowest BCUT2D eigenvalue weighted by Crippen LogP contribution is -2.52. The first-order chi connectivity index (χ1) is 18.1. The van der Waals surface area contributed by atoms with Gasteiger partial charge in [-0.3, -0.25) is 14.5 Å². The Kier molecular flexibility index (Phi) is 8.06. The predicted molar refractivity (Wildman–Crippen MR) is 150 cm³/mol. The Morgan fingerprint density at radius 3 is 2.32 bits per heavy atom. The third-order valence-corrected chi connectivity index (χ3v) is 9.01. The molecular weight excluding hydrogens is 478 g/mol. The first-order valence-corrected chi connectivity index (χ1v) is 14.4. The number of piperazine rings is 1. The normalized spacial score (nSPS) is 18.9. The zero-order valence-corrected chi connectivity index (χ0v) is 22.8. The number of benzene rings is 2. The second kappa shape index (κ2) is 11.6. The van der Waals surface area contributed by atoms with E-state index >= 15 is 0 Å². The molecule has 6 heteroatoms. The predicted octanol–water partition coefficient (Wildman–Crippen LogP) is 5.26. The van der Waals surface area contributed by atoms with Crippen molar-refractivity contribution in [1.29, 1.82) is 0 Å². The summed E-state index contributed by atoms with van der Waals surface area (Å²) in [5, 5.41) is 2.20. The van der Waals surface area contributed by atoms with Crippen molar-refractivity contribution in [2.75, 3.05) is 39.3 Å². The summed E-state index contributed by atoms with van der Waals surface area (Å²) in [6.45, 7) is 8.43. The van der Waals surface area contributed by atoms with Gasteiger partial charge in [0.1, 0.15) is 0 Å². The molecule has 5 rings (SSSR count). The van der Waals surface area contributed by atoms with Crippen LogP contribution < -0.4 is 0 Å². The van der Waals surface area contributed by atoms with Crippen LogP contribution in [0.5, 0.6) is 0 Å². The van der Waals surface area contributed by atoms with Crippen molar-refractivity contribution in [3.05, 3.63) is 93.2 Å². The molecule has 37 heavy (non-hydrogen) atoms. The minimum Gasteiger partial charge on any atom is -0.339 e. The molecule has 1 aromatic heterocycles. The van der Waals surface area contributed by atoms with E-state index in [9.17, 15) is 9.59 Å². The number of carbonyl (C=O) groups is 2. The van der Waals surface area contributed by atoms with Crippen molar-refractivity contribution in [3.63, 3.8) is 0 Å². The maximum absolute atomic E-state index is 13.2. The summed E-state index contributed by atoms with van der Waals surface area (Å²) in [5.41, 5.74) is 5.11. The lowest BCUT2D eigenvalue weighted by molar-refractivity contribution is -0.140. The summed E-state index contributed by atoms with van der Waals surface area (Å²) in [6, 6.07) is 21.1. The lowest BCUT2D eigenvalue weighted by Gasteiger charge is -2.38. The van der Waals surface area contributed by atoms with Crippen LogP contribution in [0.1, 0.15) is 58.9 Å². The fourth-order valence-corrected chi connectivity index (χ4v) is 6.80. The van der Waals surface area contributed by atoms with Gasteiger partial charge < -0.3 is 9.80 Å². The third-order valence-electron chi connectivity index (χ3n) is 8.01. The molecule has 0 spiro atoms. The first-order valence-electron chi connectivity index (χ1n) is 13.5.